The van der Waals surface area contributed by atoms with Crippen molar-refractivity contribution >= 4 is 25.7 Å². The van der Waals surface area contributed by atoms with Gasteiger partial charge in [0, 0.05) is 39.3 Å². The molecule has 0 radical (unpaired) electrons. The fraction of sp³-hybridized carbons (Fsp3) is 0.455. The van der Waals surface area contributed by atoms with E-state index >= 15 is 0 Å². The lowest BCUT2D eigenvalue weighted by molar-refractivity contribution is 0.337. The molecule has 32 heavy (non-hydrogen) atoms. The number of rotatable bonds is 9. The van der Waals surface area contributed by atoms with Gasteiger partial charge in [0.15, 0.2) is 0 Å². The van der Waals surface area contributed by atoms with Gasteiger partial charge in [0.2, 0.25) is 20.0 Å². The lowest BCUT2D eigenvalue weighted by atomic mass is 10.2. The van der Waals surface area contributed by atoms with Gasteiger partial charge in [-0.1, -0.05) is 26.0 Å². The highest BCUT2D eigenvalue weighted by atomic mass is 32.2. The maximum Gasteiger partial charge on any atom is 0.243 e. The van der Waals surface area contributed by atoms with E-state index in [9.17, 15) is 16.8 Å². The zero-order chi connectivity index (χ0) is 23.4. The minimum Gasteiger partial charge on any atom is -0.492 e. The van der Waals surface area contributed by atoms with Crippen molar-refractivity contribution in [2.24, 2.45) is 0 Å². The van der Waals surface area contributed by atoms with E-state index in [1.807, 2.05) is 31.2 Å². The smallest absolute Gasteiger partial charge is 0.243 e. The molecule has 8 nitrogen and oxygen atoms in total. The molecule has 0 bridgehead atoms. The molecule has 0 atom stereocenters. The van der Waals surface area contributed by atoms with Gasteiger partial charge in [0.25, 0.3) is 0 Å². The van der Waals surface area contributed by atoms with Crippen LogP contribution in [0.5, 0.6) is 5.75 Å². The van der Waals surface area contributed by atoms with Crippen molar-refractivity contribution in [3.63, 3.8) is 0 Å². The maximum atomic E-state index is 13.1. The predicted octanol–water partition coefficient (Wildman–Crippen LogP) is 2.63. The average Bonchev–Trinajstić information content (AvgIpc) is 2.80. The molecule has 1 fully saturated rings. The van der Waals surface area contributed by atoms with Crippen LogP contribution in [-0.2, 0) is 20.0 Å². The number of benzene rings is 2. The Morgan fingerprint density at radius 1 is 0.812 bits per heavy atom. The third-order valence-corrected chi connectivity index (χ3v) is 9.53. The summed E-state index contributed by atoms with van der Waals surface area (Å²) in [6.07, 6.45) is 0. The summed E-state index contributed by atoms with van der Waals surface area (Å²) >= 11 is 0. The summed E-state index contributed by atoms with van der Waals surface area (Å²) in [7, 11) is -7.34. The van der Waals surface area contributed by atoms with Gasteiger partial charge in [-0.15, -0.1) is 0 Å². The fourth-order valence-electron chi connectivity index (χ4n) is 3.81. The molecule has 1 saturated heterocycles. The summed E-state index contributed by atoms with van der Waals surface area (Å²) < 4.78 is 60.1. The molecule has 1 aliphatic rings. The van der Waals surface area contributed by atoms with Crippen LogP contribution in [-0.4, -0.2) is 71.3 Å². The van der Waals surface area contributed by atoms with Crippen molar-refractivity contribution < 1.29 is 21.6 Å². The highest BCUT2D eigenvalue weighted by Crippen LogP contribution is 2.30. The van der Waals surface area contributed by atoms with E-state index in [1.165, 1.54) is 32.9 Å². The standard InChI is InChI=1S/C22H31N3O5S2/c1-4-24(5-2)31(26,27)19-11-13-20(14-12-19)32(28,29)25-17-15-23(16-18-25)21-9-7-8-10-22(21)30-6-3/h7-14H,4-6,15-18H2,1-3H3. The van der Waals surface area contributed by atoms with E-state index in [0.29, 0.717) is 45.9 Å². The maximum absolute atomic E-state index is 13.1. The van der Waals surface area contributed by atoms with Gasteiger partial charge in [-0.05, 0) is 43.3 Å². The first kappa shape index (κ1) is 24.5. The van der Waals surface area contributed by atoms with E-state index in [1.54, 1.807) is 13.8 Å². The molecule has 0 spiro atoms. The third kappa shape index (κ3) is 4.93. The minimum atomic E-state index is -3.71. The summed E-state index contributed by atoms with van der Waals surface area (Å²) in [4.78, 5) is 2.31. The van der Waals surface area contributed by atoms with Crippen LogP contribution >= 0.6 is 0 Å². The molecular formula is C22H31N3O5S2. The molecule has 0 aromatic heterocycles. The van der Waals surface area contributed by atoms with Crippen molar-refractivity contribution in [2.45, 2.75) is 30.6 Å². The number of ether oxygens (including phenoxy) is 1. The second-order valence-electron chi connectivity index (χ2n) is 7.35. The summed E-state index contributed by atoms with van der Waals surface area (Å²) in [5, 5.41) is 0. The molecule has 0 saturated carbocycles. The zero-order valence-corrected chi connectivity index (χ0v) is 20.4. The molecule has 176 valence electrons. The Labute approximate surface area is 191 Å². The average molecular weight is 482 g/mol. The van der Waals surface area contributed by atoms with E-state index in [2.05, 4.69) is 4.90 Å². The van der Waals surface area contributed by atoms with E-state index in [-0.39, 0.29) is 9.79 Å². The first-order valence-corrected chi connectivity index (χ1v) is 13.7. The first-order valence-electron chi connectivity index (χ1n) is 10.8. The van der Waals surface area contributed by atoms with E-state index in [4.69, 9.17) is 4.74 Å². The summed E-state index contributed by atoms with van der Waals surface area (Å²) in [6, 6.07) is 13.2. The SMILES string of the molecule is CCOc1ccccc1N1CCN(S(=O)(=O)c2ccc(S(=O)(=O)N(CC)CC)cc2)CC1. The quantitative estimate of drug-likeness (QED) is 0.547. The van der Waals surface area contributed by atoms with Crippen LogP contribution < -0.4 is 9.64 Å². The zero-order valence-electron chi connectivity index (χ0n) is 18.8. The molecule has 1 heterocycles. The number of hydrogen-bond donors (Lipinski definition) is 0. The van der Waals surface area contributed by atoms with Crippen molar-refractivity contribution in [1.82, 2.24) is 8.61 Å². The van der Waals surface area contributed by atoms with Crippen LogP contribution in [0.3, 0.4) is 0 Å². The van der Waals surface area contributed by atoms with Crippen LogP contribution in [0.2, 0.25) is 0 Å². The Balaban J connectivity index is 1.73. The van der Waals surface area contributed by atoms with Crippen LogP contribution in [0.15, 0.2) is 58.3 Å². The number of hydrogen-bond acceptors (Lipinski definition) is 6. The number of sulfonamides is 2. The number of piperazine rings is 1. The summed E-state index contributed by atoms with van der Waals surface area (Å²) in [5.41, 5.74) is 0.956. The second-order valence-corrected chi connectivity index (χ2v) is 11.2. The molecule has 0 N–H and O–H groups in total. The molecule has 3 rings (SSSR count). The predicted molar refractivity (Wildman–Crippen MR) is 125 cm³/mol. The largest absolute Gasteiger partial charge is 0.492 e. The highest BCUT2D eigenvalue weighted by molar-refractivity contribution is 7.89. The van der Waals surface area contributed by atoms with Crippen LogP contribution in [0.1, 0.15) is 20.8 Å². The second kappa shape index (κ2) is 10.2. The van der Waals surface area contributed by atoms with Crippen molar-refractivity contribution in [3.8, 4) is 5.75 Å². The molecule has 1 aliphatic heterocycles. The van der Waals surface area contributed by atoms with Gasteiger partial charge in [0.1, 0.15) is 5.75 Å². The Kier molecular flexibility index (Phi) is 7.81. The first-order chi connectivity index (χ1) is 15.2. The molecule has 0 unspecified atom stereocenters. The van der Waals surface area contributed by atoms with E-state index in [0.717, 1.165) is 11.4 Å². The molecule has 10 heteroatoms. The molecule has 2 aromatic rings. The monoisotopic (exact) mass is 481 g/mol. The summed E-state index contributed by atoms with van der Waals surface area (Å²) in [5.74, 6) is 0.788. The Morgan fingerprint density at radius 2 is 1.38 bits per heavy atom. The number of nitrogens with zero attached hydrogens (tertiary/aromatic N) is 3. The van der Waals surface area contributed by atoms with Crippen molar-refractivity contribution in [2.75, 3.05) is 50.8 Å². The van der Waals surface area contributed by atoms with Crippen LogP contribution in [0.4, 0.5) is 5.69 Å². The summed E-state index contributed by atoms with van der Waals surface area (Å²) in [6.45, 7) is 8.50. The Bertz CT molecular complexity index is 1110. The van der Waals surface area contributed by atoms with Crippen LogP contribution in [0.25, 0.3) is 0 Å². The lowest BCUT2D eigenvalue weighted by Crippen LogP contribution is -2.48. The molecular weight excluding hydrogens is 450 g/mol. The van der Waals surface area contributed by atoms with Gasteiger partial charge in [-0.2, -0.15) is 8.61 Å². The van der Waals surface area contributed by atoms with Gasteiger partial charge in [-0.25, -0.2) is 16.8 Å². The van der Waals surface area contributed by atoms with Crippen molar-refractivity contribution in [3.05, 3.63) is 48.5 Å². The fourth-order valence-corrected chi connectivity index (χ4v) is 6.69. The van der Waals surface area contributed by atoms with E-state index < -0.39 is 20.0 Å². The van der Waals surface area contributed by atoms with Gasteiger partial charge in [0.05, 0.1) is 22.1 Å². The van der Waals surface area contributed by atoms with Gasteiger partial charge < -0.3 is 9.64 Å². The molecule has 2 aromatic carbocycles. The lowest BCUT2D eigenvalue weighted by Gasteiger charge is -2.36. The van der Waals surface area contributed by atoms with Crippen LogP contribution in [0, 0.1) is 0 Å². The third-order valence-electron chi connectivity index (χ3n) is 5.55. The van der Waals surface area contributed by atoms with Gasteiger partial charge >= 0.3 is 0 Å². The molecule has 0 aliphatic carbocycles. The normalized spacial score (nSPS) is 15.8. The minimum absolute atomic E-state index is 0.0949. The molecule has 0 amide bonds. The van der Waals surface area contributed by atoms with Crippen molar-refractivity contribution in [1.29, 1.82) is 0 Å². The topological polar surface area (TPSA) is 87.2 Å². The Hall–Kier alpha value is -2.14. The Morgan fingerprint density at radius 3 is 1.94 bits per heavy atom. The highest BCUT2D eigenvalue weighted by Gasteiger charge is 2.30. The van der Waals surface area contributed by atoms with Gasteiger partial charge in [-0.3, -0.25) is 0 Å². The number of anilines is 1. The number of para-hydroxylation sites is 2.